The fraction of sp³-hybridized carbons (Fsp3) is 0.353. The number of hydrogen-bond donors (Lipinski definition) is 5. The van der Waals surface area contributed by atoms with Crippen molar-refractivity contribution in [3.8, 4) is 5.75 Å². The molecule has 1 amide bonds. The fourth-order valence-corrected chi connectivity index (χ4v) is 3.56. The predicted octanol–water partition coefficient (Wildman–Crippen LogP) is -1.59. The van der Waals surface area contributed by atoms with Crippen molar-refractivity contribution in [2.45, 2.75) is 24.8 Å². The van der Waals surface area contributed by atoms with Crippen molar-refractivity contribution in [3.05, 3.63) is 41.2 Å². The zero-order valence-electron chi connectivity index (χ0n) is 15.9. The SMILES string of the molecule is N=C(N)N1CC(c2cn(CC(=O)NC3Cc4cccc(C(=O)O)c4OB3O)nn2)C1. The molecule has 4 rings (SSSR count). The Morgan fingerprint density at radius 1 is 1.40 bits per heavy atom. The summed E-state index contributed by atoms with van der Waals surface area (Å²) in [4.78, 5) is 25.4. The van der Waals surface area contributed by atoms with Gasteiger partial charge in [-0.2, -0.15) is 0 Å². The first kappa shape index (κ1) is 19.7. The number of amides is 1. The Balaban J connectivity index is 1.35. The molecule has 1 aromatic heterocycles. The van der Waals surface area contributed by atoms with E-state index in [1.807, 2.05) is 0 Å². The lowest BCUT2D eigenvalue weighted by Gasteiger charge is -2.38. The molecule has 0 saturated carbocycles. The van der Waals surface area contributed by atoms with Crippen molar-refractivity contribution < 1.29 is 24.4 Å². The van der Waals surface area contributed by atoms with E-state index >= 15 is 0 Å². The molecule has 6 N–H and O–H groups in total. The van der Waals surface area contributed by atoms with Gasteiger partial charge in [-0.3, -0.25) is 10.2 Å². The van der Waals surface area contributed by atoms with Gasteiger partial charge in [-0.25, -0.2) is 9.48 Å². The number of rotatable bonds is 5. The Labute approximate surface area is 171 Å². The molecule has 30 heavy (non-hydrogen) atoms. The third kappa shape index (κ3) is 3.78. The minimum atomic E-state index is -1.37. The quantitative estimate of drug-likeness (QED) is 0.219. The number of nitrogens with zero attached hydrogens (tertiary/aromatic N) is 4. The van der Waals surface area contributed by atoms with Gasteiger partial charge in [-0.05, 0) is 18.1 Å². The van der Waals surface area contributed by atoms with E-state index in [1.165, 1.54) is 10.7 Å². The summed E-state index contributed by atoms with van der Waals surface area (Å²) in [5.74, 6) is -2.03. The highest BCUT2D eigenvalue weighted by atomic mass is 16.5. The number of carboxylic acid groups (broad SMARTS) is 1. The Morgan fingerprint density at radius 3 is 2.87 bits per heavy atom. The Morgan fingerprint density at radius 2 is 2.17 bits per heavy atom. The van der Waals surface area contributed by atoms with Gasteiger partial charge in [-0.15, -0.1) is 5.10 Å². The van der Waals surface area contributed by atoms with E-state index in [2.05, 4.69) is 15.6 Å². The monoisotopic (exact) mass is 413 g/mol. The summed E-state index contributed by atoms with van der Waals surface area (Å²) in [6.45, 7) is 1.08. The molecule has 2 aromatic rings. The number of carbonyl (C=O) groups excluding carboxylic acids is 1. The molecule has 156 valence electrons. The molecule has 1 unspecified atom stereocenters. The van der Waals surface area contributed by atoms with E-state index < -0.39 is 24.9 Å². The second kappa shape index (κ2) is 7.67. The molecule has 0 aliphatic carbocycles. The normalized spacial score (nSPS) is 18.2. The summed E-state index contributed by atoms with van der Waals surface area (Å²) >= 11 is 0. The van der Waals surface area contributed by atoms with E-state index in [-0.39, 0.29) is 36.2 Å². The van der Waals surface area contributed by atoms with Crippen LogP contribution in [0.3, 0.4) is 0 Å². The molecule has 2 aliphatic rings. The topological polar surface area (TPSA) is 180 Å². The van der Waals surface area contributed by atoms with Gasteiger partial charge in [0.25, 0.3) is 0 Å². The molecule has 13 heteroatoms. The van der Waals surface area contributed by atoms with Crippen LogP contribution in [0.25, 0.3) is 0 Å². The third-order valence-electron chi connectivity index (χ3n) is 5.20. The minimum absolute atomic E-state index is 0.0170. The summed E-state index contributed by atoms with van der Waals surface area (Å²) < 4.78 is 6.76. The number of benzene rings is 1. The number of para-hydroxylation sites is 1. The van der Waals surface area contributed by atoms with E-state index in [0.29, 0.717) is 18.7 Å². The van der Waals surface area contributed by atoms with E-state index in [0.717, 1.165) is 5.69 Å². The van der Waals surface area contributed by atoms with Crippen molar-refractivity contribution in [2.24, 2.45) is 5.73 Å². The van der Waals surface area contributed by atoms with Gasteiger partial charge >= 0.3 is 13.1 Å². The van der Waals surface area contributed by atoms with Crippen molar-refractivity contribution in [2.75, 3.05) is 13.1 Å². The number of hydrogen-bond acceptors (Lipinski definition) is 7. The van der Waals surface area contributed by atoms with E-state index in [9.17, 15) is 19.7 Å². The summed E-state index contributed by atoms with van der Waals surface area (Å²) in [6.07, 6.45) is 1.90. The zero-order valence-corrected chi connectivity index (χ0v) is 15.9. The average Bonchev–Trinajstić information content (AvgIpc) is 3.07. The van der Waals surface area contributed by atoms with Crippen LogP contribution in [0.4, 0.5) is 0 Å². The van der Waals surface area contributed by atoms with Crippen molar-refractivity contribution >= 4 is 25.0 Å². The van der Waals surface area contributed by atoms with Crippen molar-refractivity contribution in [3.63, 3.8) is 0 Å². The largest absolute Gasteiger partial charge is 0.547 e. The average molecular weight is 413 g/mol. The number of aromatic nitrogens is 3. The van der Waals surface area contributed by atoms with Gasteiger partial charge in [0.2, 0.25) is 5.91 Å². The van der Waals surface area contributed by atoms with Gasteiger partial charge in [-0.1, -0.05) is 17.3 Å². The lowest BCUT2D eigenvalue weighted by Crippen LogP contribution is -2.53. The standard InChI is InChI=1S/C17H20BN7O5/c19-17(20)24-5-10(6-24)12-7-25(23-22-12)8-14(26)21-13-4-9-2-1-3-11(16(27)28)15(9)30-18(13)29/h1-3,7,10,13,29H,4-6,8H2,(H3,19,20)(H,21,26)(H,27,28). The van der Waals surface area contributed by atoms with Crippen LogP contribution in [0.1, 0.15) is 27.5 Å². The molecule has 1 atom stereocenters. The number of likely N-dealkylation sites (tertiary alicyclic amines) is 1. The van der Waals surface area contributed by atoms with Gasteiger partial charge in [0.15, 0.2) is 5.96 Å². The smallest absolute Gasteiger partial charge is 0.534 e. The maximum Gasteiger partial charge on any atom is 0.547 e. The first-order valence-corrected chi connectivity index (χ1v) is 9.30. The maximum absolute atomic E-state index is 12.4. The van der Waals surface area contributed by atoms with Gasteiger partial charge in [0.05, 0.1) is 17.2 Å². The van der Waals surface area contributed by atoms with Crippen LogP contribution in [0, 0.1) is 5.41 Å². The lowest BCUT2D eigenvalue weighted by molar-refractivity contribution is -0.122. The first-order valence-electron chi connectivity index (χ1n) is 9.30. The summed E-state index contributed by atoms with van der Waals surface area (Å²) in [5, 5.41) is 37.5. The number of fused-ring (bicyclic) bond motifs is 1. The van der Waals surface area contributed by atoms with Crippen LogP contribution >= 0.6 is 0 Å². The second-order valence-electron chi connectivity index (χ2n) is 7.31. The zero-order chi connectivity index (χ0) is 21.4. The second-order valence-corrected chi connectivity index (χ2v) is 7.31. The minimum Gasteiger partial charge on any atom is -0.534 e. The maximum atomic E-state index is 12.4. The molecular weight excluding hydrogens is 393 g/mol. The van der Waals surface area contributed by atoms with Crippen molar-refractivity contribution in [1.29, 1.82) is 5.41 Å². The third-order valence-corrected chi connectivity index (χ3v) is 5.20. The van der Waals surface area contributed by atoms with E-state index in [1.54, 1.807) is 23.2 Å². The van der Waals surface area contributed by atoms with Gasteiger partial charge in [0.1, 0.15) is 12.3 Å². The molecule has 3 heterocycles. The molecule has 0 spiro atoms. The number of nitrogens with one attached hydrogen (secondary N) is 2. The Hall–Kier alpha value is -3.61. The molecular formula is C17H20BN7O5. The highest BCUT2D eigenvalue weighted by molar-refractivity contribution is 6.47. The number of aromatic carboxylic acids is 1. The van der Waals surface area contributed by atoms with Gasteiger partial charge in [0, 0.05) is 25.2 Å². The van der Waals surface area contributed by atoms with Crippen molar-refractivity contribution in [1.82, 2.24) is 25.2 Å². The van der Waals surface area contributed by atoms with E-state index in [4.69, 9.17) is 15.8 Å². The Kier molecular flexibility index (Phi) is 5.04. The lowest BCUT2D eigenvalue weighted by atomic mass is 9.72. The fourth-order valence-electron chi connectivity index (χ4n) is 3.56. The molecule has 0 bridgehead atoms. The summed E-state index contributed by atoms with van der Waals surface area (Å²) in [6, 6.07) is 4.68. The van der Waals surface area contributed by atoms with Crippen LogP contribution in [0.5, 0.6) is 5.75 Å². The molecule has 1 aromatic carbocycles. The van der Waals surface area contributed by atoms with Crippen LogP contribution in [0.2, 0.25) is 0 Å². The molecule has 2 aliphatic heterocycles. The number of carboxylic acids is 1. The molecule has 12 nitrogen and oxygen atoms in total. The van der Waals surface area contributed by atoms with Crippen LogP contribution in [-0.4, -0.2) is 74.0 Å². The Bertz CT molecular complexity index is 1010. The van der Waals surface area contributed by atoms with Gasteiger partial charge < -0.3 is 30.7 Å². The molecule has 1 fully saturated rings. The summed E-state index contributed by atoms with van der Waals surface area (Å²) in [7, 11) is -1.37. The highest BCUT2D eigenvalue weighted by Gasteiger charge is 2.38. The van der Waals surface area contributed by atoms with Crippen LogP contribution in [-0.2, 0) is 17.8 Å². The van der Waals surface area contributed by atoms with Crippen LogP contribution < -0.4 is 15.7 Å². The molecule has 1 saturated heterocycles. The number of guanidine groups is 1. The number of nitrogens with two attached hydrogens (primary N) is 1. The highest BCUT2D eigenvalue weighted by Crippen LogP contribution is 2.30. The first-order chi connectivity index (χ1) is 14.3. The summed E-state index contributed by atoms with van der Waals surface area (Å²) in [5.41, 5.74) is 6.69. The molecule has 0 radical (unpaired) electrons. The number of carbonyl (C=O) groups is 2. The van der Waals surface area contributed by atoms with Crippen LogP contribution in [0.15, 0.2) is 24.4 Å². The predicted molar refractivity (Wildman–Crippen MR) is 104 cm³/mol.